The van der Waals surface area contributed by atoms with Crippen LogP contribution in [0.2, 0.25) is 0 Å². The smallest absolute Gasteiger partial charge is 0.410 e. The van der Waals surface area contributed by atoms with Crippen molar-refractivity contribution in [3.05, 3.63) is 47.7 Å². The highest BCUT2D eigenvalue weighted by Gasteiger charge is 2.36. The highest BCUT2D eigenvalue weighted by Crippen LogP contribution is 2.40. The van der Waals surface area contributed by atoms with Crippen molar-refractivity contribution in [3.63, 3.8) is 0 Å². The average molecular weight is 698 g/mol. The number of carbonyl (C=O) groups excluding carboxylic acids is 1. The zero-order valence-corrected chi connectivity index (χ0v) is 27.3. The van der Waals surface area contributed by atoms with Gasteiger partial charge in [0.2, 0.25) is 21.9 Å². The van der Waals surface area contributed by atoms with Gasteiger partial charge >= 0.3 is 12.3 Å². The van der Waals surface area contributed by atoms with Crippen LogP contribution in [0.15, 0.2) is 42.7 Å². The van der Waals surface area contributed by atoms with Gasteiger partial charge in [0.1, 0.15) is 22.2 Å². The molecule has 12 nitrogen and oxygen atoms in total. The lowest BCUT2D eigenvalue weighted by Crippen LogP contribution is -2.51. The fourth-order valence-corrected chi connectivity index (χ4v) is 6.67. The minimum atomic E-state index is -4.93. The molecule has 1 aliphatic rings. The number of benzene rings is 1. The molecule has 1 fully saturated rings. The number of sulfonamides is 1. The van der Waals surface area contributed by atoms with Crippen molar-refractivity contribution in [2.45, 2.75) is 58.1 Å². The number of hydrogen-bond donors (Lipinski definition) is 2. The Labute approximate surface area is 271 Å². The van der Waals surface area contributed by atoms with Gasteiger partial charge in [-0.1, -0.05) is 0 Å². The van der Waals surface area contributed by atoms with Crippen LogP contribution in [0.4, 0.5) is 34.0 Å². The third-order valence-electron chi connectivity index (χ3n) is 6.53. The quantitative estimate of drug-likeness (QED) is 0.201. The number of ether oxygens (including phenoxy) is 2. The van der Waals surface area contributed by atoms with Crippen molar-refractivity contribution < 1.29 is 40.2 Å². The number of rotatable bonds is 8. The molecule has 0 unspecified atom stereocenters. The summed E-state index contributed by atoms with van der Waals surface area (Å²) in [7, 11) is -4.75. The van der Waals surface area contributed by atoms with Crippen LogP contribution in [-0.2, 0) is 14.8 Å². The molecule has 0 radical (unpaired) electrons. The van der Waals surface area contributed by atoms with E-state index in [2.05, 4.69) is 25.3 Å². The molecule has 0 spiro atoms. The van der Waals surface area contributed by atoms with Gasteiger partial charge in [0.25, 0.3) is 0 Å². The summed E-state index contributed by atoms with van der Waals surface area (Å²) in [5.41, 5.74) is -0.233. The van der Waals surface area contributed by atoms with E-state index in [4.69, 9.17) is 9.47 Å². The molecule has 0 aliphatic carbocycles. The Morgan fingerprint density at radius 3 is 2.57 bits per heavy atom. The van der Waals surface area contributed by atoms with E-state index in [0.29, 0.717) is 15.6 Å². The first-order chi connectivity index (χ1) is 21.9. The SMILES string of the molecule is Cc1nc(Oc2ccc(NS(=O)(=O)CC(F)(F)F)c3cccnc23)c(-c2ccnc(N[C@H]3C[C@H](F)CN(C(=O)OC(C)(C)C)C3)n2)s1. The van der Waals surface area contributed by atoms with E-state index < -0.39 is 45.9 Å². The number of thiazole rings is 1. The second-order valence-electron chi connectivity index (χ2n) is 11.8. The number of amides is 1. The normalized spacial score (nSPS) is 17.4. The van der Waals surface area contributed by atoms with Gasteiger partial charge in [-0.05, 0) is 58.0 Å². The first-order valence-electron chi connectivity index (χ1n) is 14.3. The van der Waals surface area contributed by atoms with Crippen LogP contribution in [0.3, 0.4) is 0 Å². The highest BCUT2D eigenvalue weighted by molar-refractivity contribution is 7.92. The first-order valence-corrected chi connectivity index (χ1v) is 16.7. The van der Waals surface area contributed by atoms with E-state index in [-0.39, 0.29) is 53.7 Å². The van der Waals surface area contributed by atoms with Gasteiger partial charge in [-0.25, -0.2) is 32.6 Å². The molecule has 2 atom stereocenters. The number of pyridine rings is 1. The number of aromatic nitrogens is 4. The molecule has 0 bridgehead atoms. The molecule has 1 amide bonds. The number of nitrogens with one attached hydrogen (secondary N) is 2. The van der Waals surface area contributed by atoms with Gasteiger partial charge in [-0.3, -0.25) is 9.71 Å². The van der Waals surface area contributed by atoms with Crippen LogP contribution in [-0.4, -0.2) is 82.2 Å². The number of nitrogens with zero attached hydrogens (tertiary/aromatic N) is 5. The van der Waals surface area contributed by atoms with Crippen LogP contribution >= 0.6 is 11.3 Å². The monoisotopic (exact) mass is 697 g/mol. The van der Waals surface area contributed by atoms with Crippen LogP contribution in [0.25, 0.3) is 21.5 Å². The number of piperidine rings is 1. The minimum Gasteiger partial charge on any atom is -0.444 e. The summed E-state index contributed by atoms with van der Waals surface area (Å²) in [6.07, 6.45) is -3.76. The standard InChI is InChI=1S/C29H31F4N7O5S2/c1-16-36-25(44-22-8-7-20(19-6-5-10-34-23(19)22)39-47(42,43)15-29(31,32)33)24(46-16)21-9-11-35-26(38-21)37-18-12-17(30)13-40(14-18)27(41)45-28(2,3)4/h5-11,17-18,39H,12-15H2,1-4H3,(H,35,37,38)/t17-,18-/m0/s1. The van der Waals surface area contributed by atoms with E-state index in [1.165, 1.54) is 52.9 Å². The van der Waals surface area contributed by atoms with Crippen LogP contribution < -0.4 is 14.8 Å². The Hall–Kier alpha value is -4.32. The molecular weight excluding hydrogens is 666 g/mol. The third kappa shape index (κ3) is 8.94. The predicted octanol–water partition coefficient (Wildman–Crippen LogP) is 6.31. The van der Waals surface area contributed by atoms with Gasteiger partial charge in [0.15, 0.2) is 11.5 Å². The van der Waals surface area contributed by atoms with Crippen molar-refractivity contribution in [2.75, 3.05) is 28.9 Å². The number of hydrogen-bond acceptors (Lipinski definition) is 11. The maximum atomic E-state index is 14.6. The fourth-order valence-electron chi connectivity index (χ4n) is 4.84. The zero-order chi connectivity index (χ0) is 34.1. The number of likely N-dealkylation sites (tertiary alicyclic amines) is 1. The Kier molecular flexibility index (Phi) is 9.45. The zero-order valence-electron chi connectivity index (χ0n) is 25.6. The molecule has 47 heavy (non-hydrogen) atoms. The Morgan fingerprint density at radius 2 is 1.85 bits per heavy atom. The third-order valence-corrected chi connectivity index (χ3v) is 8.75. The van der Waals surface area contributed by atoms with Crippen LogP contribution in [0.5, 0.6) is 11.6 Å². The first kappa shape index (κ1) is 34.0. The molecule has 252 valence electrons. The second-order valence-corrected chi connectivity index (χ2v) is 14.7. The Balaban J connectivity index is 1.38. The summed E-state index contributed by atoms with van der Waals surface area (Å²) in [4.78, 5) is 32.0. The van der Waals surface area contributed by atoms with Gasteiger partial charge < -0.3 is 19.7 Å². The molecule has 4 aromatic rings. The highest BCUT2D eigenvalue weighted by atomic mass is 32.2. The summed E-state index contributed by atoms with van der Waals surface area (Å²) in [5.74, 6) is -1.55. The van der Waals surface area contributed by atoms with E-state index in [1.54, 1.807) is 33.8 Å². The number of halogens is 4. The van der Waals surface area contributed by atoms with E-state index >= 15 is 0 Å². The molecule has 1 aliphatic heterocycles. The maximum Gasteiger partial charge on any atom is 0.410 e. The molecule has 4 heterocycles. The van der Waals surface area contributed by atoms with Crippen molar-refractivity contribution in [1.82, 2.24) is 24.8 Å². The number of aryl methyl sites for hydroxylation is 1. The lowest BCUT2D eigenvalue weighted by atomic mass is 10.0. The van der Waals surface area contributed by atoms with Crippen molar-refractivity contribution in [2.24, 2.45) is 0 Å². The minimum absolute atomic E-state index is 0.0845. The fraction of sp³-hybridized carbons (Fsp3) is 0.414. The summed E-state index contributed by atoms with van der Waals surface area (Å²) in [5, 5.41) is 3.93. The van der Waals surface area contributed by atoms with Crippen molar-refractivity contribution in [1.29, 1.82) is 0 Å². The molecule has 18 heteroatoms. The van der Waals surface area contributed by atoms with Gasteiger partial charge in [0, 0.05) is 36.8 Å². The molecule has 0 saturated carbocycles. The van der Waals surface area contributed by atoms with Crippen LogP contribution in [0, 0.1) is 6.92 Å². The second kappa shape index (κ2) is 13.1. The van der Waals surface area contributed by atoms with Gasteiger partial charge in [-0.2, -0.15) is 13.2 Å². The Bertz CT molecular complexity index is 1880. The van der Waals surface area contributed by atoms with Crippen molar-refractivity contribution in [3.8, 4) is 22.2 Å². The summed E-state index contributed by atoms with van der Waals surface area (Å²) in [6.45, 7) is 7.05. The lowest BCUT2D eigenvalue weighted by Gasteiger charge is -2.36. The Morgan fingerprint density at radius 1 is 1.09 bits per heavy atom. The summed E-state index contributed by atoms with van der Waals surface area (Å²) in [6, 6.07) is 6.79. The number of anilines is 2. The number of carbonyl (C=O) groups is 1. The van der Waals surface area contributed by atoms with Gasteiger partial charge in [-0.15, -0.1) is 11.3 Å². The van der Waals surface area contributed by atoms with Crippen molar-refractivity contribution >= 4 is 50.0 Å². The van der Waals surface area contributed by atoms with Crippen LogP contribution in [0.1, 0.15) is 32.2 Å². The molecule has 5 rings (SSSR count). The van der Waals surface area contributed by atoms with E-state index in [1.807, 2.05) is 4.72 Å². The number of fused-ring (bicyclic) bond motifs is 1. The maximum absolute atomic E-state index is 14.6. The average Bonchev–Trinajstić information content (AvgIpc) is 3.31. The van der Waals surface area contributed by atoms with E-state index in [9.17, 15) is 30.8 Å². The van der Waals surface area contributed by atoms with Gasteiger partial charge in [0.05, 0.1) is 22.9 Å². The molecule has 3 aromatic heterocycles. The summed E-state index contributed by atoms with van der Waals surface area (Å²) >= 11 is 1.27. The topological polar surface area (TPSA) is 149 Å². The largest absolute Gasteiger partial charge is 0.444 e. The molecule has 1 aromatic carbocycles. The van der Waals surface area contributed by atoms with E-state index in [0.717, 1.165) is 0 Å². The summed E-state index contributed by atoms with van der Waals surface area (Å²) < 4.78 is 90.9. The lowest BCUT2D eigenvalue weighted by molar-refractivity contribution is -0.106. The molecule has 1 saturated heterocycles. The predicted molar refractivity (Wildman–Crippen MR) is 168 cm³/mol. The number of alkyl halides is 4. The molecule has 2 N–H and O–H groups in total. The molecular formula is C29H31F4N7O5S2.